The SMILES string of the molecule is Cc1ccc(C)c(C(=O)Nc2ccc(Oc3cc(-n4cccc4)nc(C)n3)cc2)c1. The van der Waals surface area contributed by atoms with E-state index in [2.05, 4.69) is 15.3 Å². The molecule has 0 spiro atoms. The van der Waals surface area contributed by atoms with Gasteiger partial charge in [-0.1, -0.05) is 17.7 Å². The van der Waals surface area contributed by atoms with Crippen LogP contribution in [-0.4, -0.2) is 20.4 Å². The molecule has 0 radical (unpaired) electrons. The summed E-state index contributed by atoms with van der Waals surface area (Å²) in [5.41, 5.74) is 3.36. The maximum absolute atomic E-state index is 12.6. The Hall–Kier alpha value is -3.93. The number of carbonyl (C=O) groups is 1. The van der Waals surface area contributed by atoms with Gasteiger partial charge in [0.1, 0.15) is 17.4 Å². The predicted octanol–water partition coefficient (Wildman–Crippen LogP) is 5.24. The van der Waals surface area contributed by atoms with Crippen LogP contribution in [0.5, 0.6) is 11.6 Å². The van der Waals surface area contributed by atoms with Crippen molar-refractivity contribution in [1.82, 2.24) is 14.5 Å². The molecule has 0 saturated carbocycles. The summed E-state index contributed by atoms with van der Waals surface area (Å²) in [6, 6.07) is 18.7. The first-order chi connectivity index (χ1) is 14.5. The second kappa shape index (κ2) is 8.21. The number of anilines is 1. The lowest BCUT2D eigenvalue weighted by Crippen LogP contribution is -2.13. The van der Waals surface area contributed by atoms with E-state index < -0.39 is 0 Å². The van der Waals surface area contributed by atoms with E-state index >= 15 is 0 Å². The number of rotatable bonds is 5. The van der Waals surface area contributed by atoms with Crippen molar-refractivity contribution in [3.8, 4) is 17.4 Å². The van der Waals surface area contributed by atoms with Crippen LogP contribution in [0.4, 0.5) is 5.69 Å². The molecule has 4 aromatic rings. The third kappa shape index (κ3) is 4.38. The third-order valence-corrected chi connectivity index (χ3v) is 4.64. The maximum Gasteiger partial charge on any atom is 0.255 e. The minimum absolute atomic E-state index is 0.132. The lowest BCUT2D eigenvalue weighted by Gasteiger charge is -2.11. The minimum Gasteiger partial charge on any atom is -0.439 e. The molecule has 1 N–H and O–H groups in total. The first kappa shape index (κ1) is 19.4. The summed E-state index contributed by atoms with van der Waals surface area (Å²) < 4.78 is 7.80. The number of aryl methyl sites for hydroxylation is 3. The van der Waals surface area contributed by atoms with E-state index in [4.69, 9.17) is 4.74 Å². The summed E-state index contributed by atoms with van der Waals surface area (Å²) in [7, 11) is 0. The molecule has 2 aromatic heterocycles. The number of aromatic nitrogens is 3. The lowest BCUT2D eigenvalue weighted by molar-refractivity contribution is 0.102. The second-order valence-corrected chi connectivity index (χ2v) is 7.10. The van der Waals surface area contributed by atoms with Crippen molar-refractivity contribution in [2.24, 2.45) is 0 Å². The summed E-state index contributed by atoms with van der Waals surface area (Å²) in [5.74, 6) is 2.30. The number of benzene rings is 2. The fraction of sp³-hybridized carbons (Fsp3) is 0.125. The summed E-state index contributed by atoms with van der Waals surface area (Å²) in [6.45, 7) is 5.72. The summed E-state index contributed by atoms with van der Waals surface area (Å²) in [6.07, 6.45) is 3.83. The number of hydrogen-bond donors (Lipinski definition) is 1. The standard InChI is InChI=1S/C24H22N4O2/c1-16-6-7-17(2)21(14-16)24(29)27-19-8-10-20(11-9-19)30-23-15-22(25-18(3)26-23)28-12-4-5-13-28/h4-15H,1-3H3,(H,27,29). The average Bonchev–Trinajstić information content (AvgIpc) is 3.26. The highest BCUT2D eigenvalue weighted by atomic mass is 16.5. The minimum atomic E-state index is -0.132. The molecular formula is C24H22N4O2. The van der Waals surface area contributed by atoms with Gasteiger partial charge in [-0.05, 0) is 68.8 Å². The van der Waals surface area contributed by atoms with Crippen molar-refractivity contribution in [2.45, 2.75) is 20.8 Å². The molecule has 4 rings (SSSR count). The van der Waals surface area contributed by atoms with E-state index in [1.165, 1.54) is 0 Å². The van der Waals surface area contributed by atoms with Crippen LogP contribution in [0.25, 0.3) is 5.82 Å². The van der Waals surface area contributed by atoms with Crippen LogP contribution in [0.1, 0.15) is 27.3 Å². The van der Waals surface area contributed by atoms with Crippen molar-refractivity contribution in [1.29, 1.82) is 0 Å². The Balaban J connectivity index is 1.48. The van der Waals surface area contributed by atoms with Gasteiger partial charge in [0.15, 0.2) is 0 Å². The smallest absolute Gasteiger partial charge is 0.255 e. The molecule has 30 heavy (non-hydrogen) atoms. The largest absolute Gasteiger partial charge is 0.439 e. The molecule has 0 unspecified atom stereocenters. The zero-order valence-corrected chi connectivity index (χ0v) is 17.1. The molecule has 6 nitrogen and oxygen atoms in total. The Morgan fingerprint density at radius 1 is 0.933 bits per heavy atom. The van der Waals surface area contributed by atoms with Crippen molar-refractivity contribution >= 4 is 11.6 Å². The van der Waals surface area contributed by atoms with E-state index in [0.717, 1.165) is 16.9 Å². The molecule has 0 aliphatic rings. The van der Waals surface area contributed by atoms with Crippen LogP contribution in [0, 0.1) is 20.8 Å². The fourth-order valence-electron chi connectivity index (χ4n) is 3.10. The van der Waals surface area contributed by atoms with Gasteiger partial charge in [-0.15, -0.1) is 0 Å². The van der Waals surface area contributed by atoms with Crippen LogP contribution < -0.4 is 10.1 Å². The topological polar surface area (TPSA) is 69.0 Å². The van der Waals surface area contributed by atoms with E-state index in [1.807, 2.05) is 68.1 Å². The van der Waals surface area contributed by atoms with Crippen LogP contribution in [-0.2, 0) is 0 Å². The molecule has 2 heterocycles. The summed E-state index contributed by atoms with van der Waals surface area (Å²) in [5, 5.41) is 2.93. The van der Waals surface area contributed by atoms with Crippen LogP contribution in [0.15, 0.2) is 73.1 Å². The highest BCUT2D eigenvalue weighted by Crippen LogP contribution is 2.24. The van der Waals surface area contributed by atoms with Crippen molar-refractivity contribution < 1.29 is 9.53 Å². The van der Waals surface area contributed by atoms with Gasteiger partial charge < -0.3 is 14.6 Å². The van der Waals surface area contributed by atoms with Crippen molar-refractivity contribution in [3.05, 3.63) is 95.6 Å². The van der Waals surface area contributed by atoms with Gasteiger partial charge in [0.25, 0.3) is 5.91 Å². The lowest BCUT2D eigenvalue weighted by atomic mass is 10.1. The zero-order valence-electron chi connectivity index (χ0n) is 17.1. The summed E-state index contributed by atoms with van der Waals surface area (Å²) in [4.78, 5) is 21.4. The number of nitrogens with zero attached hydrogens (tertiary/aromatic N) is 3. The van der Waals surface area contributed by atoms with Gasteiger partial charge >= 0.3 is 0 Å². The Kier molecular flexibility index (Phi) is 5.30. The normalized spacial score (nSPS) is 10.6. The van der Waals surface area contributed by atoms with Crippen LogP contribution in [0.3, 0.4) is 0 Å². The van der Waals surface area contributed by atoms with Crippen LogP contribution >= 0.6 is 0 Å². The van der Waals surface area contributed by atoms with Gasteiger partial charge in [-0.25, -0.2) is 4.98 Å². The third-order valence-electron chi connectivity index (χ3n) is 4.64. The van der Waals surface area contributed by atoms with Crippen molar-refractivity contribution in [2.75, 3.05) is 5.32 Å². The van der Waals surface area contributed by atoms with Gasteiger partial charge in [0.05, 0.1) is 0 Å². The average molecular weight is 398 g/mol. The second-order valence-electron chi connectivity index (χ2n) is 7.10. The fourth-order valence-corrected chi connectivity index (χ4v) is 3.10. The Bertz CT molecular complexity index is 1180. The highest BCUT2D eigenvalue weighted by Gasteiger charge is 2.10. The molecular weight excluding hydrogens is 376 g/mol. The Labute approximate surface area is 175 Å². The first-order valence-electron chi connectivity index (χ1n) is 9.63. The van der Waals surface area contributed by atoms with E-state index in [1.54, 1.807) is 30.3 Å². The molecule has 0 atom stereocenters. The van der Waals surface area contributed by atoms with Gasteiger partial charge in [-0.3, -0.25) is 4.79 Å². The summed E-state index contributed by atoms with van der Waals surface area (Å²) >= 11 is 0. The van der Waals surface area contributed by atoms with Crippen molar-refractivity contribution in [3.63, 3.8) is 0 Å². The predicted molar refractivity (Wildman–Crippen MR) is 116 cm³/mol. The Morgan fingerprint density at radius 2 is 1.67 bits per heavy atom. The quantitative estimate of drug-likeness (QED) is 0.499. The number of nitrogens with one attached hydrogen (secondary N) is 1. The molecule has 2 aromatic carbocycles. The van der Waals surface area contributed by atoms with E-state index in [0.29, 0.717) is 28.7 Å². The Morgan fingerprint density at radius 3 is 2.40 bits per heavy atom. The zero-order chi connectivity index (χ0) is 21.1. The molecule has 6 heteroatoms. The molecule has 1 amide bonds. The van der Waals surface area contributed by atoms with E-state index in [-0.39, 0.29) is 5.91 Å². The number of hydrogen-bond acceptors (Lipinski definition) is 4. The highest BCUT2D eigenvalue weighted by molar-refractivity contribution is 6.05. The van der Waals surface area contributed by atoms with Gasteiger partial charge in [-0.2, -0.15) is 4.98 Å². The monoisotopic (exact) mass is 398 g/mol. The first-order valence-corrected chi connectivity index (χ1v) is 9.63. The molecule has 0 saturated heterocycles. The van der Waals surface area contributed by atoms with Crippen LogP contribution in [0.2, 0.25) is 0 Å². The van der Waals surface area contributed by atoms with Gasteiger partial charge in [0.2, 0.25) is 5.88 Å². The number of ether oxygens (including phenoxy) is 1. The van der Waals surface area contributed by atoms with E-state index in [9.17, 15) is 4.79 Å². The number of carbonyl (C=O) groups excluding carboxylic acids is 1. The molecule has 0 aliphatic carbocycles. The number of amides is 1. The van der Waals surface area contributed by atoms with Gasteiger partial charge in [0, 0.05) is 29.7 Å². The molecule has 0 bridgehead atoms. The maximum atomic E-state index is 12.6. The molecule has 0 fully saturated rings. The molecule has 150 valence electrons. The molecule has 0 aliphatic heterocycles.